The first-order chi connectivity index (χ1) is 22.6. The summed E-state index contributed by atoms with van der Waals surface area (Å²) in [5, 5.41) is 0. The Morgan fingerprint density at radius 1 is 0.761 bits per heavy atom. The molecule has 2 aromatic carbocycles. The van der Waals surface area contributed by atoms with Gasteiger partial charge in [-0.05, 0) is 113 Å². The van der Waals surface area contributed by atoms with E-state index in [0.29, 0.717) is 0 Å². The summed E-state index contributed by atoms with van der Waals surface area (Å²) in [6.45, 7) is 12.3. The molecule has 3 nitrogen and oxygen atoms in total. The van der Waals surface area contributed by atoms with Crippen LogP contribution in [0.1, 0.15) is 60.9 Å². The quantitative estimate of drug-likeness (QED) is 0.144. The minimum atomic E-state index is 0.102. The van der Waals surface area contributed by atoms with Crippen molar-refractivity contribution in [2.24, 2.45) is 0 Å². The van der Waals surface area contributed by atoms with Crippen molar-refractivity contribution in [2.45, 2.75) is 53.0 Å². The van der Waals surface area contributed by atoms with Crippen molar-refractivity contribution in [3.63, 3.8) is 0 Å². The van der Waals surface area contributed by atoms with E-state index >= 15 is 0 Å². The van der Waals surface area contributed by atoms with Gasteiger partial charge in [-0.1, -0.05) is 44.2 Å². The van der Waals surface area contributed by atoms with E-state index in [4.69, 9.17) is 0 Å². The number of carbonyl (C=O) groups excluding carboxylic acids is 1. The van der Waals surface area contributed by atoms with E-state index in [2.05, 4.69) is 96.6 Å². The number of thioether (sulfide) groups is 4. The van der Waals surface area contributed by atoms with Crippen molar-refractivity contribution in [1.29, 1.82) is 0 Å². The molecule has 2 aromatic rings. The highest BCUT2D eigenvalue weighted by atomic mass is 32.2. The molecule has 0 spiro atoms. The van der Waals surface area contributed by atoms with E-state index in [1.807, 2.05) is 29.6 Å². The summed E-state index contributed by atoms with van der Waals surface area (Å²) in [5.74, 6) is 9.94. The molecule has 0 unspecified atom stereocenters. The third kappa shape index (κ3) is 10.0. The average Bonchev–Trinajstić information content (AvgIpc) is 3.07. The molecule has 248 valence electrons. The SMILES string of the molecule is CCSCCSCCN(CCSCCSCC)Cc1ccc(C2=C3C=CC(=O)C=C3Cc3cc(N4CCCCC4)ccc32)c(C)c1. The van der Waals surface area contributed by atoms with Gasteiger partial charge in [0.05, 0.1) is 0 Å². The van der Waals surface area contributed by atoms with Crippen LogP contribution >= 0.6 is 47.0 Å². The lowest BCUT2D eigenvalue weighted by Gasteiger charge is -2.32. The third-order valence-electron chi connectivity index (χ3n) is 9.03. The van der Waals surface area contributed by atoms with Gasteiger partial charge in [0.25, 0.3) is 0 Å². The monoisotopic (exact) mass is 692 g/mol. The highest BCUT2D eigenvalue weighted by Crippen LogP contribution is 2.43. The van der Waals surface area contributed by atoms with Crippen LogP contribution in [0.2, 0.25) is 0 Å². The number of fused-ring (bicyclic) bond motifs is 2. The Labute approximate surface area is 295 Å². The first-order valence-corrected chi connectivity index (χ1v) is 21.9. The smallest absolute Gasteiger partial charge is 0.178 e. The molecule has 2 aliphatic carbocycles. The van der Waals surface area contributed by atoms with Crippen LogP contribution in [0.25, 0.3) is 5.57 Å². The molecule has 0 radical (unpaired) electrons. The van der Waals surface area contributed by atoms with Gasteiger partial charge in [-0.25, -0.2) is 0 Å². The van der Waals surface area contributed by atoms with Crippen LogP contribution in [0, 0.1) is 6.92 Å². The molecule has 0 bridgehead atoms. The van der Waals surface area contributed by atoms with Crippen molar-refractivity contribution in [3.05, 3.63) is 93.6 Å². The first-order valence-electron chi connectivity index (χ1n) is 17.3. The number of benzene rings is 2. The minimum absolute atomic E-state index is 0.102. The van der Waals surface area contributed by atoms with Gasteiger partial charge in [-0.3, -0.25) is 9.69 Å². The zero-order valence-electron chi connectivity index (χ0n) is 28.2. The third-order valence-corrected chi connectivity index (χ3v) is 13.3. The highest BCUT2D eigenvalue weighted by Gasteiger charge is 2.27. The van der Waals surface area contributed by atoms with Gasteiger partial charge in [0.2, 0.25) is 0 Å². The fourth-order valence-electron chi connectivity index (χ4n) is 6.67. The van der Waals surface area contributed by atoms with E-state index < -0.39 is 0 Å². The van der Waals surface area contributed by atoms with Crippen molar-refractivity contribution < 1.29 is 4.79 Å². The lowest BCUT2D eigenvalue weighted by molar-refractivity contribution is -0.110. The molecule has 3 aliphatic rings. The summed E-state index contributed by atoms with van der Waals surface area (Å²) < 4.78 is 0. The number of piperidine rings is 1. The van der Waals surface area contributed by atoms with Crippen LogP contribution in [-0.4, -0.2) is 82.9 Å². The molecule has 0 N–H and O–H groups in total. The summed E-state index contributed by atoms with van der Waals surface area (Å²) in [5.41, 5.74) is 11.6. The molecular weight excluding hydrogens is 641 g/mol. The number of aryl methyl sites for hydroxylation is 1. The number of rotatable bonds is 18. The maximum Gasteiger partial charge on any atom is 0.178 e. The molecule has 0 saturated carbocycles. The molecule has 5 rings (SSSR count). The normalized spacial score (nSPS) is 16.2. The second-order valence-corrected chi connectivity index (χ2v) is 17.5. The van der Waals surface area contributed by atoms with Crippen LogP contribution in [0.4, 0.5) is 5.69 Å². The van der Waals surface area contributed by atoms with Crippen LogP contribution < -0.4 is 4.90 Å². The van der Waals surface area contributed by atoms with E-state index in [1.165, 1.54) is 110 Å². The number of hydrogen-bond acceptors (Lipinski definition) is 7. The molecule has 0 aromatic heterocycles. The maximum absolute atomic E-state index is 12.5. The van der Waals surface area contributed by atoms with Gasteiger partial charge >= 0.3 is 0 Å². The predicted octanol–water partition coefficient (Wildman–Crippen LogP) is 9.18. The summed E-state index contributed by atoms with van der Waals surface area (Å²) >= 11 is 8.30. The number of hydrogen-bond donors (Lipinski definition) is 0. The maximum atomic E-state index is 12.5. The number of nitrogens with zero attached hydrogens (tertiary/aromatic N) is 2. The number of ketones is 1. The largest absolute Gasteiger partial charge is 0.372 e. The lowest BCUT2D eigenvalue weighted by atomic mass is 9.76. The topological polar surface area (TPSA) is 23.6 Å². The Morgan fingerprint density at radius 2 is 1.43 bits per heavy atom. The zero-order valence-corrected chi connectivity index (χ0v) is 31.4. The molecule has 0 amide bonds. The molecular formula is C39H52N2OS4. The van der Waals surface area contributed by atoms with Crippen molar-refractivity contribution >= 4 is 64.1 Å². The fraction of sp³-hybridized carbons (Fsp3) is 0.513. The number of allylic oxidation sites excluding steroid dienone is 5. The van der Waals surface area contributed by atoms with Gasteiger partial charge < -0.3 is 4.90 Å². The van der Waals surface area contributed by atoms with Gasteiger partial charge in [0, 0.05) is 72.9 Å². The summed E-state index contributed by atoms with van der Waals surface area (Å²) in [7, 11) is 0. The predicted molar refractivity (Wildman–Crippen MR) is 212 cm³/mol. The standard InChI is InChI=1S/C39H52N2OS4/c1-4-43-21-23-45-19-17-40(18-20-46-24-22-44-5-2)29-31-9-12-36(30(3)25-31)39-37-13-10-34(41-15-7-6-8-16-41)27-32(37)26-33-28-35(42)11-14-38(33)39/h9-14,25,27-28H,4-8,15-24,26,29H2,1-3H3. The summed E-state index contributed by atoms with van der Waals surface area (Å²) in [6.07, 6.45) is 10.4. The Hall–Kier alpha value is -1.51. The van der Waals surface area contributed by atoms with Crippen LogP contribution in [0.5, 0.6) is 0 Å². The van der Waals surface area contributed by atoms with E-state index in [9.17, 15) is 4.79 Å². The Balaban J connectivity index is 1.35. The summed E-state index contributed by atoms with van der Waals surface area (Å²) in [4.78, 5) is 17.7. The van der Waals surface area contributed by atoms with E-state index in [1.54, 1.807) is 6.08 Å². The number of anilines is 1. The molecule has 0 atom stereocenters. The second-order valence-electron chi connectivity index (χ2n) is 12.3. The van der Waals surface area contributed by atoms with Gasteiger partial charge in [-0.15, -0.1) is 0 Å². The molecule has 46 heavy (non-hydrogen) atoms. The van der Waals surface area contributed by atoms with E-state index in [0.717, 1.165) is 44.7 Å². The molecule has 1 aliphatic heterocycles. The minimum Gasteiger partial charge on any atom is -0.372 e. The molecule has 1 fully saturated rings. The lowest BCUT2D eigenvalue weighted by Crippen LogP contribution is -2.29. The van der Waals surface area contributed by atoms with E-state index in [-0.39, 0.29) is 5.78 Å². The van der Waals surface area contributed by atoms with Crippen LogP contribution in [-0.2, 0) is 17.8 Å². The molecule has 1 saturated heterocycles. The molecule has 7 heteroatoms. The van der Waals surface area contributed by atoms with Gasteiger partial charge in [0.15, 0.2) is 5.78 Å². The van der Waals surface area contributed by atoms with Crippen molar-refractivity contribution in [2.75, 3.05) is 77.1 Å². The van der Waals surface area contributed by atoms with Crippen LogP contribution in [0.3, 0.4) is 0 Å². The zero-order chi connectivity index (χ0) is 32.1. The van der Waals surface area contributed by atoms with Gasteiger partial charge in [-0.2, -0.15) is 47.0 Å². The molecule has 1 heterocycles. The van der Waals surface area contributed by atoms with Crippen LogP contribution in [0.15, 0.2) is 65.8 Å². The highest BCUT2D eigenvalue weighted by molar-refractivity contribution is 8.03. The second kappa shape index (κ2) is 18.9. The first kappa shape index (κ1) is 35.8. The van der Waals surface area contributed by atoms with Gasteiger partial charge in [0.1, 0.15) is 0 Å². The number of carbonyl (C=O) groups is 1. The Kier molecular flexibility index (Phi) is 14.7. The Morgan fingerprint density at radius 3 is 2.11 bits per heavy atom. The average molecular weight is 693 g/mol. The fourth-order valence-corrected chi connectivity index (χ4v) is 10.3. The van der Waals surface area contributed by atoms with Crippen molar-refractivity contribution in [1.82, 2.24) is 4.90 Å². The van der Waals surface area contributed by atoms with Crippen molar-refractivity contribution in [3.8, 4) is 0 Å². The summed E-state index contributed by atoms with van der Waals surface area (Å²) in [6, 6.07) is 14.2. The Bertz CT molecular complexity index is 1390.